The van der Waals surface area contributed by atoms with Gasteiger partial charge in [-0.1, -0.05) is 170 Å². The van der Waals surface area contributed by atoms with Crippen molar-refractivity contribution in [2.75, 3.05) is 54.1 Å². The summed E-state index contributed by atoms with van der Waals surface area (Å²) in [6.45, 7) is 5.12. The van der Waals surface area contributed by atoms with Crippen LogP contribution in [0.25, 0.3) is 0 Å². The van der Waals surface area contributed by atoms with Crippen molar-refractivity contribution in [2.45, 2.75) is 187 Å². The van der Waals surface area contributed by atoms with Gasteiger partial charge in [0.1, 0.15) is 19.3 Å². The number of ether oxygens (including phenoxy) is 2. The number of nitrogens with zero attached hydrogens (tertiary/aromatic N) is 1. The first-order valence-electron chi connectivity index (χ1n) is 23.7. The molecule has 0 aromatic rings. The maximum atomic E-state index is 12.7. The lowest BCUT2D eigenvalue weighted by molar-refractivity contribution is -0.870. The highest BCUT2D eigenvalue weighted by atomic mass is 31.2. The molecule has 8 nitrogen and oxygen atoms in total. The van der Waals surface area contributed by atoms with Gasteiger partial charge in [0.05, 0.1) is 34.4 Å². The van der Waals surface area contributed by atoms with Gasteiger partial charge in [-0.25, -0.2) is 0 Å². The van der Waals surface area contributed by atoms with Gasteiger partial charge in [0, 0.05) is 13.0 Å². The molecule has 342 valence electrons. The molecule has 0 radical (unpaired) electrons. The van der Waals surface area contributed by atoms with Crippen LogP contribution in [0.15, 0.2) is 72.9 Å². The van der Waals surface area contributed by atoms with Gasteiger partial charge in [0.15, 0.2) is 0 Å². The first-order chi connectivity index (χ1) is 28.6. The van der Waals surface area contributed by atoms with Crippen molar-refractivity contribution in [3.8, 4) is 0 Å². The van der Waals surface area contributed by atoms with Crippen molar-refractivity contribution in [2.24, 2.45) is 0 Å². The molecule has 2 atom stereocenters. The van der Waals surface area contributed by atoms with E-state index in [1.807, 2.05) is 21.1 Å². The largest absolute Gasteiger partial charge is 0.756 e. The molecule has 0 amide bonds. The predicted octanol–water partition coefficient (Wildman–Crippen LogP) is 13.6. The standard InChI is InChI=1S/C50H90NO7P/c1-6-8-10-12-14-16-18-20-22-23-24-25-26-27-28-29-30-31-33-35-37-39-41-43-50(52)58-49(48-57-59(53,54)56-46-44-51(3,4)5)47-55-45-42-40-38-36-34-32-21-19-17-15-13-11-9-7-2/h9,11,15,17-18,20-21,23-24,32,36,38,49H,6-8,10,12-14,16,19,22,25-31,33-35,37,39-48H2,1-5H3/b11-9-,17-15-,20-18-,24-23-,32-21-,38-36-. The predicted molar refractivity (Wildman–Crippen MR) is 249 cm³/mol. The molecule has 59 heavy (non-hydrogen) atoms. The summed E-state index contributed by atoms with van der Waals surface area (Å²) in [6.07, 6.45) is 55.1. The third-order valence-electron chi connectivity index (χ3n) is 9.74. The molecule has 0 aliphatic rings. The molecule has 0 saturated heterocycles. The highest BCUT2D eigenvalue weighted by molar-refractivity contribution is 7.45. The number of quaternary nitrogens is 1. The molecule has 0 saturated carbocycles. The zero-order valence-electron chi connectivity index (χ0n) is 38.7. The number of esters is 1. The van der Waals surface area contributed by atoms with E-state index < -0.39 is 13.9 Å². The lowest BCUT2D eigenvalue weighted by Gasteiger charge is -2.28. The van der Waals surface area contributed by atoms with Crippen molar-refractivity contribution in [3.63, 3.8) is 0 Å². The molecule has 0 rings (SSSR count). The molecule has 0 aliphatic carbocycles. The van der Waals surface area contributed by atoms with Crippen molar-refractivity contribution >= 4 is 13.8 Å². The number of allylic oxidation sites excluding steroid dienone is 12. The van der Waals surface area contributed by atoms with E-state index in [1.54, 1.807) is 0 Å². The number of hydrogen-bond donors (Lipinski definition) is 0. The summed E-state index contributed by atoms with van der Waals surface area (Å²) in [5.41, 5.74) is 0. The Morgan fingerprint density at radius 3 is 1.47 bits per heavy atom. The quantitative estimate of drug-likeness (QED) is 0.0198. The van der Waals surface area contributed by atoms with E-state index in [4.69, 9.17) is 18.5 Å². The Bertz CT molecular complexity index is 1170. The SMILES string of the molecule is CC/C=C\C/C=C\C/C=C\C/C=C\CCCOCC(COP(=O)([O-])OCC[N+](C)(C)C)OC(=O)CCCCCCCCCCCCC/C=C\C/C=C\CCCCCCC. The van der Waals surface area contributed by atoms with Crippen LogP contribution in [0.1, 0.15) is 181 Å². The Morgan fingerprint density at radius 1 is 0.542 bits per heavy atom. The minimum Gasteiger partial charge on any atom is -0.756 e. The summed E-state index contributed by atoms with van der Waals surface area (Å²) in [5, 5.41) is 0. The Balaban J connectivity index is 4.21. The van der Waals surface area contributed by atoms with Crippen LogP contribution in [-0.2, 0) is 27.9 Å². The number of likely N-dealkylation sites (N-methyl/N-ethyl adjacent to an activating group) is 1. The second-order valence-corrected chi connectivity index (χ2v) is 18.1. The maximum Gasteiger partial charge on any atom is 0.306 e. The maximum absolute atomic E-state index is 12.7. The smallest absolute Gasteiger partial charge is 0.306 e. The first-order valence-corrected chi connectivity index (χ1v) is 25.1. The lowest BCUT2D eigenvalue weighted by atomic mass is 10.0. The second kappa shape index (κ2) is 42.6. The Morgan fingerprint density at radius 2 is 0.983 bits per heavy atom. The topological polar surface area (TPSA) is 94.1 Å². The summed E-state index contributed by atoms with van der Waals surface area (Å²) in [4.78, 5) is 25.1. The first kappa shape index (κ1) is 56.9. The number of unbranched alkanes of at least 4 members (excludes halogenated alkanes) is 17. The molecule has 0 spiro atoms. The van der Waals surface area contributed by atoms with Gasteiger partial charge < -0.3 is 27.9 Å². The van der Waals surface area contributed by atoms with Crippen LogP contribution in [0.5, 0.6) is 0 Å². The van der Waals surface area contributed by atoms with Gasteiger partial charge in [-0.2, -0.15) is 0 Å². The lowest BCUT2D eigenvalue weighted by Crippen LogP contribution is -2.37. The van der Waals surface area contributed by atoms with Gasteiger partial charge >= 0.3 is 5.97 Å². The minimum absolute atomic E-state index is 0.0124. The van der Waals surface area contributed by atoms with E-state index in [0.717, 1.165) is 64.2 Å². The fourth-order valence-corrected chi connectivity index (χ4v) is 6.84. The Kier molecular flexibility index (Phi) is 41.1. The van der Waals surface area contributed by atoms with E-state index in [-0.39, 0.29) is 25.8 Å². The molecule has 9 heteroatoms. The third-order valence-corrected chi connectivity index (χ3v) is 10.7. The number of hydrogen-bond acceptors (Lipinski definition) is 7. The zero-order valence-corrected chi connectivity index (χ0v) is 39.6. The molecule has 0 aromatic carbocycles. The molecule has 0 aliphatic heterocycles. The summed E-state index contributed by atoms with van der Waals surface area (Å²) in [6, 6.07) is 0. The van der Waals surface area contributed by atoms with Crippen LogP contribution in [0.2, 0.25) is 0 Å². The van der Waals surface area contributed by atoms with E-state index in [1.165, 1.54) is 96.3 Å². The monoisotopic (exact) mass is 848 g/mol. The normalized spacial score (nSPS) is 14.3. The number of carbonyl (C=O) groups is 1. The number of rotatable bonds is 43. The van der Waals surface area contributed by atoms with Crippen LogP contribution >= 0.6 is 7.82 Å². The second-order valence-electron chi connectivity index (χ2n) is 16.7. The average molecular weight is 848 g/mol. The number of carbonyl (C=O) groups excluding carboxylic acids is 1. The van der Waals surface area contributed by atoms with Gasteiger partial charge in [-0.05, 0) is 77.0 Å². The van der Waals surface area contributed by atoms with Crippen LogP contribution < -0.4 is 4.89 Å². The molecule has 0 bridgehead atoms. The van der Waals surface area contributed by atoms with Crippen molar-refractivity contribution in [1.82, 2.24) is 0 Å². The van der Waals surface area contributed by atoms with Crippen molar-refractivity contribution < 1.29 is 37.3 Å². The van der Waals surface area contributed by atoms with Crippen molar-refractivity contribution in [1.29, 1.82) is 0 Å². The molecule has 2 unspecified atom stereocenters. The molecular weight excluding hydrogens is 758 g/mol. The van der Waals surface area contributed by atoms with E-state index in [9.17, 15) is 14.3 Å². The van der Waals surface area contributed by atoms with Crippen LogP contribution in [-0.4, -0.2) is 70.7 Å². The van der Waals surface area contributed by atoms with E-state index in [2.05, 4.69) is 86.8 Å². The van der Waals surface area contributed by atoms with Crippen molar-refractivity contribution in [3.05, 3.63) is 72.9 Å². The summed E-state index contributed by atoms with van der Waals surface area (Å²) < 4.78 is 34.5. The highest BCUT2D eigenvalue weighted by Gasteiger charge is 2.20. The van der Waals surface area contributed by atoms with Gasteiger partial charge in [-0.3, -0.25) is 9.36 Å². The zero-order chi connectivity index (χ0) is 43.4. The summed E-state index contributed by atoms with van der Waals surface area (Å²) in [5.74, 6) is -0.357. The van der Waals surface area contributed by atoms with Crippen LogP contribution in [0.4, 0.5) is 0 Å². The fourth-order valence-electron chi connectivity index (χ4n) is 6.11. The van der Waals surface area contributed by atoms with E-state index in [0.29, 0.717) is 24.1 Å². The number of phosphoric acid groups is 1. The molecule has 0 N–H and O–H groups in total. The minimum atomic E-state index is -4.54. The molecule has 0 heterocycles. The molecule has 0 fully saturated rings. The number of phosphoric ester groups is 1. The Hall–Kier alpha value is -2.06. The molecule has 0 aromatic heterocycles. The Labute approximate surface area is 363 Å². The highest BCUT2D eigenvalue weighted by Crippen LogP contribution is 2.38. The van der Waals surface area contributed by atoms with Crippen LogP contribution in [0, 0.1) is 0 Å². The summed E-state index contributed by atoms with van der Waals surface area (Å²) >= 11 is 0. The third kappa shape index (κ3) is 46.9. The van der Waals surface area contributed by atoms with Gasteiger partial charge in [-0.15, -0.1) is 0 Å². The van der Waals surface area contributed by atoms with E-state index >= 15 is 0 Å². The van der Waals surface area contributed by atoms with Crippen LogP contribution in [0.3, 0.4) is 0 Å². The van der Waals surface area contributed by atoms with Gasteiger partial charge in [0.25, 0.3) is 7.82 Å². The summed E-state index contributed by atoms with van der Waals surface area (Å²) in [7, 11) is 1.31. The fraction of sp³-hybridized carbons (Fsp3) is 0.740. The average Bonchev–Trinajstić information content (AvgIpc) is 3.19. The molecular formula is C50H90NO7P. The van der Waals surface area contributed by atoms with Gasteiger partial charge in [0.2, 0.25) is 0 Å².